The molecule has 29 heavy (non-hydrogen) atoms. The van der Waals surface area contributed by atoms with E-state index in [0.29, 0.717) is 13.1 Å². The van der Waals surface area contributed by atoms with E-state index in [1.54, 1.807) is 0 Å². The number of carbonyl (C=O) groups is 1. The number of amides is 1. The molecule has 154 valence electrons. The van der Waals surface area contributed by atoms with Crippen LogP contribution in [0.3, 0.4) is 0 Å². The number of aromatic nitrogens is 1. The van der Waals surface area contributed by atoms with Gasteiger partial charge in [0.15, 0.2) is 0 Å². The van der Waals surface area contributed by atoms with Crippen molar-refractivity contribution in [1.29, 1.82) is 0 Å². The van der Waals surface area contributed by atoms with Gasteiger partial charge in [0, 0.05) is 24.1 Å². The molecule has 5 heteroatoms. The van der Waals surface area contributed by atoms with Gasteiger partial charge in [-0.15, -0.1) is 0 Å². The van der Waals surface area contributed by atoms with Gasteiger partial charge in [0.25, 0.3) is 0 Å². The number of carbonyl (C=O) groups excluding carboxylic acids is 1. The summed E-state index contributed by atoms with van der Waals surface area (Å²) in [6.45, 7) is 11.4. The lowest BCUT2D eigenvalue weighted by Gasteiger charge is -2.50. The number of hydrogen-bond donors (Lipinski definition) is 0. The highest BCUT2D eigenvalue weighted by Gasteiger charge is 2.52. The molecule has 2 atom stereocenters. The number of hydrogen-bond acceptors (Lipinski definition) is 4. The van der Waals surface area contributed by atoms with Crippen LogP contribution < -0.4 is 0 Å². The molecule has 0 N–H and O–H groups in total. The summed E-state index contributed by atoms with van der Waals surface area (Å²) in [5, 5.41) is 4.13. The Kier molecular flexibility index (Phi) is 4.60. The van der Waals surface area contributed by atoms with E-state index in [4.69, 9.17) is 9.26 Å². The Morgan fingerprint density at radius 2 is 1.97 bits per heavy atom. The van der Waals surface area contributed by atoms with Gasteiger partial charge >= 0.3 is 6.09 Å². The fraction of sp³-hybridized carbons (Fsp3) is 0.500. The molecule has 0 radical (unpaired) electrons. The van der Waals surface area contributed by atoms with Crippen molar-refractivity contribution < 1.29 is 14.1 Å². The van der Waals surface area contributed by atoms with Gasteiger partial charge in [-0.05, 0) is 46.1 Å². The van der Waals surface area contributed by atoms with Gasteiger partial charge in [0.2, 0.25) is 0 Å². The van der Waals surface area contributed by atoms with Crippen molar-refractivity contribution in [2.24, 2.45) is 5.41 Å². The average molecular weight is 395 g/mol. The average Bonchev–Trinajstić information content (AvgIpc) is 3.09. The molecular weight excluding hydrogens is 364 g/mol. The molecule has 2 heterocycles. The maximum atomic E-state index is 12.7. The SMILES string of the molecule is CC(C)(C)OC(=O)N1CC=C2[C@@](C)(Cc3cnoc3[C@@]2(C)Cc2ccccc2)C1. The normalized spacial score (nSPS) is 26.4. The van der Waals surface area contributed by atoms with Crippen LogP contribution in [-0.2, 0) is 23.0 Å². The summed E-state index contributed by atoms with van der Waals surface area (Å²) in [7, 11) is 0. The zero-order valence-electron chi connectivity index (χ0n) is 18.0. The van der Waals surface area contributed by atoms with E-state index in [2.05, 4.69) is 49.3 Å². The molecule has 4 rings (SSSR count). The van der Waals surface area contributed by atoms with Crippen LogP contribution >= 0.6 is 0 Å². The second-order valence-electron chi connectivity index (χ2n) is 9.89. The molecule has 0 bridgehead atoms. The molecular formula is C24H30N2O3. The molecule has 5 nitrogen and oxygen atoms in total. The highest BCUT2D eigenvalue weighted by molar-refractivity contribution is 5.69. The zero-order chi connectivity index (χ0) is 20.9. The first kappa shape index (κ1) is 19.7. The van der Waals surface area contributed by atoms with Crippen molar-refractivity contribution in [3.63, 3.8) is 0 Å². The van der Waals surface area contributed by atoms with Gasteiger partial charge in [0.1, 0.15) is 11.4 Å². The van der Waals surface area contributed by atoms with Crippen molar-refractivity contribution in [1.82, 2.24) is 10.1 Å². The van der Waals surface area contributed by atoms with Crippen LogP contribution in [-0.4, -0.2) is 34.8 Å². The first-order chi connectivity index (χ1) is 13.6. The summed E-state index contributed by atoms with van der Waals surface area (Å²) in [6, 6.07) is 10.5. The molecule has 0 saturated heterocycles. The predicted octanol–water partition coefficient (Wildman–Crippen LogP) is 4.91. The maximum Gasteiger partial charge on any atom is 0.410 e. The summed E-state index contributed by atoms with van der Waals surface area (Å²) in [5.74, 6) is 0.954. The Morgan fingerprint density at radius 3 is 2.66 bits per heavy atom. The summed E-state index contributed by atoms with van der Waals surface area (Å²) in [5.41, 5.74) is 2.75. The summed E-state index contributed by atoms with van der Waals surface area (Å²) in [4.78, 5) is 14.5. The highest BCUT2D eigenvalue weighted by Crippen LogP contribution is 2.53. The van der Waals surface area contributed by atoms with Crippen molar-refractivity contribution in [2.45, 2.75) is 58.5 Å². The third kappa shape index (κ3) is 3.59. The van der Waals surface area contributed by atoms with E-state index in [-0.39, 0.29) is 16.9 Å². The van der Waals surface area contributed by atoms with Gasteiger partial charge in [0.05, 0.1) is 11.6 Å². The number of benzene rings is 1. The molecule has 0 unspecified atom stereocenters. The second-order valence-corrected chi connectivity index (χ2v) is 9.89. The number of fused-ring (bicyclic) bond motifs is 2. The Labute approximate surface area is 172 Å². The van der Waals surface area contributed by atoms with Gasteiger partial charge in [-0.3, -0.25) is 0 Å². The molecule has 1 amide bonds. The van der Waals surface area contributed by atoms with E-state index >= 15 is 0 Å². The largest absolute Gasteiger partial charge is 0.444 e. The van der Waals surface area contributed by atoms with E-state index in [9.17, 15) is 4.79 Å². The molecule has 2 aliphatic rings. The van der Waals surface area contributed by atoms with E-state index in [1.807, 2.05) is 37.9 Å². The summed E-state index contributed by atoms with van der Waals surface area (Å²) < 4.78 is 11.4. The van der Waals surface area contributed by atoms with Crippen LogP contribution in [0, 0.1) is 5.41 Å². The number of nitrogens with zero attached hydrogens (tertiary/aromatic N) is 2. The summed E-state index contributed by atoms with van der Waals surface area (Å²) >= 11 is 0. The second kappa shape index (κ2) is 6.75. The van der Waals surface area contributed by atoms with Gasteiger partial charge in [-0.25, -0.2) is 4.79 Å². The van der Waals surface area contributed by atoms with E-state index in [1.165, 1.54) is 11.1 Å². The van der Waals surface area contributed by atoms with E-state index < -0.39 is 5.60 Å². The maximum absolute atomic E-state index is 12.7. The van der Waals surface area contributed by atoms with Gasteiger partial charge < -0.3 is 14.2 Å². The Hall–Kier alpha value is -2.56. The standard InChI is InChI=1S/C24H30N2O3/c1-22(2,3)28-21(27)26-12-11-19-23(4,16-26)14-18-15-25-29-20(18)24(19,5)13-17-9-7-6-8-10-17/h6-11,15H,12-14,16H2,1-5H3/t23-,24-/m0/s1. The monoisotopic (exact) mass is 394 g/mol. The van der Waals surface area contributed by atoms with Crippen molar-refractivity contribution in [3.8, 4) is 0 Å². The van der Waals surface area contributed by atoms with Crippen LogP contribution in [0.4, 0.5) is 4.79 Å². The van der Waals surface area contributed by atoms with Crippen molar-refractivity contribution in [2.75, 3.05) is 13.1 Å². The lowest BCUT2D eigenvalue weighted by molar-refractivity contribution is 0.0174. The van der Waals surface area contributed by atoms with Crippen LogP contribution in [0.5, 0.6) is 0 Å². The minimum Gasteiger partial charge on any atom is -0.444 e. The fourth-order valence-corrected chi connectivity index (χ4v) is 5.09. The third-order valence-electron chi connectivity index (χ3n) is 6.08. The molecule has 1 aromatic carbocycles. The van der Waals surface area contributed by atoms with Crippen LogP contribution in [0.1, 0.15) is 51.5 Å². The Morgan fingerprint density at radius 1 is 1.24 bits per heavy atom. The van der Waals surface area contributed by atoms with Crippen LogP contribution in [0.2, 0.25) is 0 Å². The molecule has 1 aromatic heterocycles. The fourth-order valence-electron chi connectivity index (χ4n) is 5.09. The third-order valence-corrected chi connectivity index (χ3v) is 6.08. The van der Waals surface area contributed by atoms with Crippen molar-refractivity contribution >= 4 is 6.09 Å². The highest BCUT2D eigenvalue weighted by atomic mass is 16.6. The molecule has 0 spiro atoms. The number of rotatable bonds is 2. The topological polar surface area (TPSA) is 55.6 Å². The molecule has 2 aromatic rings. The van der Waals surface area contributed by atoms with Crippen LogP contribution in [0.25, 0.3) is 0 Å². The quantitative estimate of drug-likeness (QED) is 0.679. The minimum atomic E-state index is -0.502. The molecule has 0 saturated carbocycles. The molecule has 1 aliphatic carbocycles. The summed E-state index contributed by atoms with van der Waals surface area (Å²) in [6.07, 6.45) is 5.44. The minimum absolute atomic E-state index is 0.183. The van der Waals surface area contributed by atoms with E-state index in [0.717, 1.165) is 24.2 Å². The van der Waals surface area contributed by atoms with Gasteiger partial charge in [-0.2, -0.15) is 0 Å². The first-order valence-electron chi connectivity index (χ1n) is 10.3. The Balaban J connectivity index is 1.71. The van der Waals surface area contributed by atoms with Crippen LogP contribution in [0.15, 0.2) is 52.7 Å². The Bertz CT molecular complexity index is 941. The van der Waals surface area contributed by atoms with Gasteiger partial charge in [-0.1, -0.05) is 54.1 Å². The smallest absolute Gasteiger partial charge is 0.410 e. The van der Waals surface area contributed by atoms with Crippen molar-refractivity contribution in [3.05, 3.63) is 65.1 Å². The first-order valence-corrected chi connectivity index (χ1v) is 10.3. The predicted molar refractivity (Wildman–Crippen MR) is 112 cm³/mol. The molecule has 1 aliphatic heterocycles. The lowest BCUT2D eigenvalue weighted by atomic mass is 9.57. The lowest BCUT2D eigenvalue weighted by Crippen LogP contribution is -2.53. The number of ether oxygens (including phenoxy) is 1. The zero-order valence-corrected chi connectivity index (χ0v) is 18.0. The molecule has 0 fully saturated rings.